The van der Waals surface area contributed by atoms with Gasteiger partial charge in [-0.05, 0) is 17.7 Å². The normalized spacial score (nSPS) is 21.3. The van der Waals surface area contributed by atoms with Gasteiger partial charge in [0.15, 0.2) is 0 Å². The first-order chi connectivity index (χ1) is 10.0. The molecule has 2 unspecified atom stereocenters. The molecule has 1 fully saturated rings. The highest BCUT2D eigenvalue weighted by Crippen LogP contribution is 2.20. The zero-order valence-electron chi connectivity index (χ0n) is 11.6. The molecule has 1 heterocycles. The number of nitrogens with zero attached hydrogens (tertiary/aromatic N) is 1. The van der Waals surface area contributed by atoms with E-state index in [9.17, 15) is 9.59 Å². The third kappa shape index (κ3) is 3.86. The fourth-order valence-corrected chi connectivity index (χ4v) is 2.43. The van der Waals surface area contributed by atoms with Gasteiger partial charge in [0.2, 0.25) is 0 Å². The van der Waals surface area contributed by atoms with Crippen molar-refractivity contribution in [2.75, 3.05) is 13.7 Å². The number of carboxylic acids is 1. The van der Waals surface area contributed by atoms with Gasteiger partial charge in [-0.2, -0.15) is 0 Å². The van der Waals surface area contributed by atoms with Crippen molar-refractivity contribution in [1.29, 1.82) is 0 Å². The molecule has 2 atom stereocenters. The van der Waals surface area contributed by atoms with Gasteiger partial charge in [0.1, 0.15) is 6.04 Å². The molecule has 6 nitrogen and oxygen atoms in total. The van der Waals surface area contributed by atoms with Gasteiger partial charge in [0.25, 0.3) is 0 Å². The molecule has 2 rings (SSSR count). The topological polar surface area (TPSA) is 78.9 Å². The number of hydrogen-bond acceptors (Lipinski definition) is 3. The van der Waals surface area contributed by atoms with E-state index in [-0.39, 0.29) is 12.6 Å². The van der Waals surface area contributed by atoms with Gasteiger partial charge in [-0.25, -0.2) is 9.59 Å². The lowest BCUT2D eigenvalue weighted by atomic mass is 10.2. The van der Waals surface area contributed by atoms with Gasteiger partial charge >= 0.3 is 12.0 Å². The summed E-state index contributed by atoms with van der Waals surface area (Å²) >= 11 is 5.79. The van der Waals surface area contributed by atoms with E-state index < -0.39 is 18.0 Å². The van der Waals surface area contributed by atoms with Crippen molar-refractivity contribution in [3.8, 4) is 0 Å². The van der Waals surface area contributed by atoms with Crippen molar-refractivity contribution in [2.45, 2.75) is 25.1 Å². The zero-order valence-corrected chi connectivity index (χ0v) is 12.3. The van der Waals surface area contributed by atoms with Crippen molar-refractivity contribution in [1.82, 2.24) is 10.2 Å². The van der Waals surface area contributed by atoms with Crippen molar-refractivity contribution >= 4 is 23.6 Å². The Morgan fingerprint density at radius 1 is 1.43 bits per heavy atom. The average Bonchev–Trinajstić information content (AvgIpc) is 2.91. The predicted molar refractivity (Wildman–Crippen MR) is 77.2 cm³/mol. The molecule has 1 aliphatic rings. The lowest BCUT2D eigenvalue weighted by Gasteiger charge is -2.21. The summed E-state index contributed by atoms with van der Waals surface area (Å²) < 4.78 is 5.15. The molecule has 0 aromatic heterocycles. The van der Waals surface area contributed by atoms with Crippen LogP contribution in [-0.4, -0.2) is 47.8 Å². The second-order valence-corrected chi connectivity index (χ2v) is 5.32. The number of hydrogen-bond donors (Lipinski definition) is 2. The van der Waals surface area contributed by atoms with E-state index in [1.54, 1.807) is 24.3 Å². The molecule has 21 heavy (non-hydrogen) atoms. The zero-order chi connectivity index (χ0) is 15.4. The van der Waals surface area contributed by atoms with Gasteiger partial charge in [-0.1, -0.05) is 23.7 Å². The van der Waals surface area contributed by atoms with Crippen LogP contribution in [0.5, 0.6) is 0 Å². The Labute approximate surface area is 127 Å². The number of carbonyl (C=O) groups is 2. The summed E-state index contributed by atoms with van der Waals surface area (Å²) in [5.74, 6) is -1.02. The van der Waals surface area contributed by atoms with Crippen LogP contribution in [0.2, 0.25) is 5.02 Å². The molecule has 0 saturated carbocycles. The summed E-state index contributed by atoms with van der Waals surface area (Å²) in [7, 11) is 1.51. The Hall–Kier alpha value is -1.79. The minimum Gasteiger partial charge on any atom is -0.480 e. The summed E-state index contributed by atoms with van der Waals surface area (Å²) in [5, 5.41) is 12.5. The fourth-order valence-electron chi connectivity index (χ4n) is 2.31. The van der Waals surface area contributed by atoms with Crippen LogP contribution in [0.3, 0.4) is 0 Å². The monoisotopic (exact) mass is 312 g/mol. The van der Waals surface area contributed by atoms with E-state index >= 15 is 0 Å². The number of urea groups is 1. The SMILES string of the molecule is COC1CC(C(=O)O)N(C(=O)NCc2ccc(Cl)cc2)C1. The van der Waals surface area contributed by atoms with E-state index in [0.717, 1.165) is 5.56 Å². The van der Waals surface area contributed by atoms with E-state index in [1.807, 2.05) is 0 Å². The number of likely N-dealkylation sites (tertiary alicyclic amines) is 1. The van der Waals surface area contributed by atoms with Gasteiger partial charge in [0, 0.05) is 31.6 Å². The molecular weight excluding hydrogens is 296 g/mol. The molecule has 0 bridgehead atoms. The molecule has 0 aliphatic carbocycles. The first-order valence-corrected chi connectivity index (χ1v) is 6.93. The Kier molecular flexibility index (Phi) is 5.03. The molecule has 1 aromatic rings. The highest BCUT2D eigenvalue weighted by molar-refractivity contribution is 6.30. The summed E-state index contributed by atoms with van der Waals surface area (Å²) in [4.78, 5) is 24.6. The molecule has 114 valence electrons. The van der Waals surface area contributed by atoms with Crippen LogP contribution in [0.25, 0.3) is 0 Å². The quantitative estimate of drug-likeness (QED) is 0.887. The Balaban J connectivity index is 1.95. The molecule has 1 aromatic carbocycles. The van der Waals surface area contributed by atoms with Crippen LogP contribution in [0.15, 0.2) is 24.3 Å². The van der Waals surface area contributed by atoms with Crippen LogP contribution in [0, 0.1) is 0 Å². The number of halogens is 1. The van der Waals surface area contributed by atoms with E-state index in [4.69, 9.17) is 21.4 Å². The van der Waals surface area contributed by atoms with Gasteiger partial charge in [0.05, 0.1) is 6.10 Å². The molecule has 0 spiro atoms. The Morgan fingerprint density at radius 2 is 2.10 bits per heavy atom. The summed E-state index contributed by atoms with van der Waals surface area (Å²) in [6, 6.07) is 5.83. The second kappa shape index (κ2) is 6.78. The number of methoxy groups -OCH3 is 1. The summed E-state index contributed by atoms with van der Waals surface area (Å²) in [5.41, 5.74) is 0.891. The van der Waals surface area contributed by atoms with Crippen molar-refractivity contribution in [3.05, 3.63) is 34.9 Å². The molecule has 2 N–H and O–H groups in total. The Bertz CT molecular complexity index is 520. The van der Waals surface area contributed by atoms with Gasteiger partial charge in [-0.15, -0.1) is 0 Å². The van der Waals surface area contributed by atoms with Crippen LogP contribution in [0.4, 0.5) is 4.79 Å². The van der Waals surface area contributed by atoms with Crippen LogP contribution < -0.4 is 5.32 Å². The molecule has 1 aliphatic heterocycles. The maximum Gasteiger partial charge on any atom is 0.326 e. The fraction of sp³-hybridized carbons (Fsp3) is 0.429. The number of carbonyl (C=O) groups excluding carboxylic acids is 1. The van der Waals surface area contributed by atoms with Crippen LogP contribution >= 0.6 is 11.6 Å². The number of rotatable bonds is 4. The van der Waals surface area contributed by atoms with Crippen LogP contribution in [-0.2, 0) is 16.1 Å². The lowest BCUT2D eigenvalue weighted by Crippen LogP contribution is -2.46. The molecule has 1 saturated heterocycles. The highest BCUT2D eigenvalue weighted by atomic mass is 35.5. The standard InChI is InChI=1S/C14H17ClN2O4/c1-21-11-6-12(13(18)19)17(8-11)14(20)16-7-9-2-4-10(15)5-3-9/h2-5,11-12H,6-8H2,1H3,(H,16,20)(H,18,19). The minimum absolute atomic E-state index is 0.243. The second-order valence-electron chi connectivity index (χ2n) is 4.88. The first kappa shape index (κ1) is 15.6. The molecule has 7 heteroatoms. The first-order valence-electron chi connectivity index (χ1n) is 6.55. The molecule has 0 radical (unpaired) electrons. The largest absolute Gasteiger partial charge is 0.480 e. The van der Waals surface area contributed by atoms with Gasteiger partial charge in [-0.3, -0.25) is 0 Å². The molecule has 2 amide bonds. The smallest absolute Gasteiger partial charge is 0.326 e. The van der Waals surface area contributed by atoms with E-state index in [0.29, 0.717) is 18.0 Å². The number of aliphatic carboxylic acids is 1. The number of ether oxygens (including phenoxy) is 1. The highest BCUT2D eigenvalue weighted by Gasteiger charge is 2.39. The maximum atomic E-state index is 12.1. The van der Waals surface area contributed by atoms with Crippen molar-refractivity contribution < 1.29 is 19.4 Å². The number of amides is 2. The number of nitrogens with one attached hydrogen (secondary N) is 1. The number of benzene rings is 1. The summed E-state index contributed by atoms with van der Waals surface area (Å²) in [6.45, 7) is 0.594. The predicted octanol–water partition coefficient (Wildman–Crippen LogP) is 1.72. The summed E-state index contributed by atoms with van der Waals surface area (Å²) in [6.07, 6.45) is 0.0626. The number of carboxylic acid groups (broad SMARTS) is 1. The van der Waals surface area contributed by atoms with E-state index in [2.05, 4.69) is 5.32 Å². The van der Waals surface area contributed by atoms with E-state index in [1.165, 1.54) is 12.0 Å². The maximum absolute atomic E-state index is 12.1. The van der Waals surface area contributed by atoms with Crippen molar-refractivity contribution in [3.63, 3.8) is 0 Å². The van der Waals surface area contributed by atoms with Crippen LogP contribution in [0.1, 0.15) is 12.0 Å². The molecular formula is C14H17ClN2O4. The lowest BCUT2D eigenvalue weighted by molar-refractivity contribution is -0.141. The van der Waals surface area contributed by atoms with Crippen molar-refractivity contribution in [2.24, 2.45) is 0 Å². The average molecular weight is 313 g/mol. The third-order valence-electron chi connectivity index (χ3n) is 3.50. The minimum atomic E-state index is -1.02. The Morgan fingerprint density at radius 3 is 2.67 bits per heavy atom. The van der Waals surface area contributed by atoms with Gasteiger partial charge < -0.3 is 20.1 Å². The third-order valence-corrected chi connectivity index (χ3v) is 3.75.